The fourth-order valence-corrected chi connectivity index (χ4v) is 8.27. The molecule has 0 saturated carbocycles. The van der Waals surface area contributed by atoms with Crippen molar-refractivity contribution in [1.29, 1.82) is 0 Å². The van der Waals surface area contributed by atoms with Crippen LogP contribution < -0.4 is 36.3 Å². The number of carbonyl (C=O) groups excluding carboxylic acids is 4. The third-order valence-corrected chi connectivity index (χ3v) is 11.7. The highest BCUT2D eigenvalue weighted by Crippen LogP contribution is 2.38. The minimum Gasteiger partial charge on any atom is -0.724 e. The van der Waals surface area contributed by atoms with Crippen LogP contribution in [-0.2, 0) is 56.3 Å². The van der Waals surface area contributed by atoms with Gasteiger partial charge in [-0.1, -0.05) is 11.2 Å². The molecular formula is C42H57N9O12S2. The Morgan fingerprint density at radius 2 is 1.77 bits per heavy atom. The lowest BCUT2D eigenvalue weighted by molar-refractivity contribution is -0.690. The molecule has 3 amide bonds. The second-order valence-corrected chi connectivity index (χ2v) is 20.5. The first kappa shape index (κ1) is 49.0. The Morgan fingerprint density at radius 1 is 1.08 bits per heavy atom. The SMILES string of the molecule is CC(C)(C)OC(=O)Nc1nc(/C(=N/O[C@](C)(C(=O)OC(C)(C)C)[C@H]2CCc3cc(-c4ccc(NCCN)[n+](CC5CNC5)c4)ccc3O2)C(=O)N[C@@H]2C(=O)N(OS(=O)(=O)[O-])C2(C)C)cs1. The van der Waals surface area contributed by atoms with Crippen LogP contribution in [0.4, 0.5) is 15.7 Å². The van der Waals surface area contributed by atoms with Crippen LogP contribution in [0.3, 0.4) is 0 Å². The highest BCUT2D eigenvalue weighted by atomic mass is 32.3. The number of fused-ring (bicyclic) bond motifs is 1. The maximum Gasteiger partial charge on any atom is 0.413 e. The molecule has 0 radical (unpaired) electrons. The first-order valence-electron chi connectivity index (χ1n) is 21.0. The first-order chi connectivity index (χ1) is 30.3. The van der Waals surface area contributed by atoms with E-state index < -0.39 is 74.5 Å². The number of aryl methyl sites for hydroxylation is 1. The van der Waals surface area contributed by atoms with Gasteiger partial charge in [-0.25, -0.2) is 27.6 Å². The molecule has 1 aromatic carbocycles. The van der Waals surface area contributed by atoms with E-state index in [0.717, 1.165) is 53.5 Å². The molecule has 2 aromatic heterocycles. The molecule has 3 aliphatic rings. The molecule has 6 N–H and O–H groups in total. The molecule has 3 aliphatic heterocycles. The number of carbonyl (C=O) groups is 4. The van der Waals surface area contributed by atoms with Crippen LogP contribution >= 0.6 is 11.3 Å². The molecule has 3 atom stereocenters. The Balaban J connectivity index is 1.30. The van der Waals surface area contributed by atoms with Gasteiger partial charge in [0.2, 0.25) is 10.4 Å². The van der Waals surface area contributed by atoms with Gasteiger partial charge in [0.15, 0.2) is 16.9 Å². The highest BCUT2D eigenvalue weighted by Gasteiger charge is 2.58. The van der Waals surface area contributed by atoms with Crippen molar-refractivity contribution in [2.24, 2.45) is 16.8 Å². The zero-order chi connectivity index (χ0) is 47.7. The summed E-state index contributed by atoms with van der Waals surface area (Å²) in [5, 5.41) is 17.6. The van der Waals surface area contributed by atoms with Gasteiger partial charge in [0.1, 0.15) is 28.7 Å². The van der Waals surface area contributed by atoms with E-state index in [1.807, 2.05) is 30.3 Å². The monoisotopic (exact) mass is 943 g/mol. The lowest BCUT2D eigenvalue weighted by Gasteiger charge is -2.51. The second kappa shape index (κ2) is 18.8. The normalized spacial score (nSPS) is 19.6. The molecule has 65 heavy (non-hydrogen) atoms. The van der Waals surface area contributed by atoms with Gasteiger partial charge in [-0.15, -0.1) is 11.3 Å². The van der Waals surface area contributed by atoms with Gasteiger partial charge in [0, 0.05) is 42.6 Å². The Labute approximate surface area is 381 Å². The molecule has 5 heterocycles. The number of nitrogens with one attached hydrogen (secondary N) is 4. The molecule has 3 aromatic rings. The van der Waals surface area contributed by atoms with Crippen molar-refractivity contribution in [2.75, 3.05) is 36.8 Å². The van der Waals surface area contributed by atoms with E-state index in [-0.39, 0.29) is 17.2 Å². The minimum absolute atomic E-state index is 0.00112. The van der Waals surface area contributed by atoms with Crippen molar-refractivity contribution in [2.45, 2.75) is 116 Å². The number of ether oxygens (including phenoxy) is 3. The number of hydrogen-bond donors (Lipinski definition) is 5. The van der Waals surface area contributed by atoms with Crippen molar-refractivity contribution in [3.8, 4) is 16.9 Å². The van der Waals surface area contributed by atoms with Gasteiger partial charge in [0.25, 0.3) is 23.2 Å². The number of β-lactam (4-membered cyclic amide) rings is 1. The predicted molar refractivity (Wildman–Crippen MR) is 236 cm³/mol. The van der Waals surface area contributed by atoms with Gasteiger partial charge in [-0.05, 0) is 104 Å². The number of amides is 3. The maximum atomic E-state index is 14.2. The lowest BCUT2D eigenvalue weighted by atomic mass is 9.84. The van der Waals surface area contributed by atoms with E-state index in [9.17, 15) is 32.1 Å². The van der Waals surface area contributed by atoms with E-state index in [2.05, 4.69) is 46.5 Å². The van der Waals surface area contributed by atoms with Gasteiger partial charge in [0.05, 0.1) is 24.8 Å². The smallest absolute Gasteiger partial charge is 0.413 e. The summed E-state index contributed by atoms with van der Waals surface area (Å²) in [5.41, 5.74) is 2.55. The van der Waals surface area contributed by atoms with Gasteiger partial charge < -0.3 is 40.0 Å². The highest BCUT2D eigenvalue weighted by molar-refractivity contribution is 7.80. The Kier molecular flexibility index (Phi) is 14.2. The summed E-state index contributed by atoms with van der Waals surface area (Å²) < 4.78 is 58.2. The van der Waals surface area contributed by atoms with Gasteiger partial charge in [-0.3, -0.25) is 20.2 Å². The molecule has 21 nitrogen and oxygen atoms in total. The lowest BCUT2D eigenvalue weighted by Crippen LogP contribution is -2.76. The van der Waals surface area contributed by atoms with E-state index in [0.29, 0.717) is 36.2 Å². The fraction of sp³-hybridized carbons (Fsp3) is 0.548. The molecule has 23 heteroatoms. The zero-order valence-electron chi connectivity index (χ0n) is 37.8. The summed E-state index contributed by atoms with van der Waals surface area (Å²) in [6, 6.07) is 8.47. The van der Waals surface area contributed by atoms with E-state index in [4.69, 9.17) is 24.8 Å². The quantitative estimate of drug-likeness (QED) is 0.0263. The van der Waals surface area contributed by atoms with E-state index >= 15 is 0 Å². The van der Waals surface area contributed by atoms with Crippen molar-refractivity contribution in [1.82, 2.24) is 20.7 Å². The molecule has 0 aliphatic carbocycles. The van der Waals surface area contributed by atoms with E-state index in [1.54, 1.807) is 41.5 Å². The van der Waals surface area contributed by atoms with Gasteiger partial charge in [-0.2, -0.15) is 9.35 Å². The number of pyridine rings is 1. The Bertz CT molecular complexity index is 2440. The standard InChI is InChI=1S/C42H57N9O12S2/c1-39(2,3)60-36(54)42(9,30-14-11-26-18-25(10-13-29(26)59-30)27-12-15-31(45-17-16-43)50(22-27)21-24-19-44-20-24)62-49-32(28-23-64-37(46-28)48-38(55)61-40(4,5)6)34(52)47-33-35(53)51(41(33,7)8)63-65(56,57)58/h10,12-13,15,18,22-24,30,33,44H,11,14,16-17,19-21,43H2,1-9H3,(H3,46,47,48,52,55,56,57,58)/b49-32-/t30-,33-,42+/m1/s1. The van der Waals surface area contributed by atoms with Crippen LogP contribution in [0.25, 0.3) is 11.1 Å². The molecule has 354 valence electrons. The number of rotatable bonds is 16. The van der Waals surface area contributed by atoms with Crippen molar-refractivity contribution in [3.63, 3.8) is 0 Å². The molecule has 0 unspecified atom stereocenters. The number of oxime groups is 1. The molecule has 2 fully saturated rings. The number of nitrogens with two attached hydrogens (primary N) is 1. The first-order valence-corrected chi connectivity index (χ1v) is 23.2. The number of hydrogen-bond acceptors (Lipinski definition) is 18. The molecule has 0 bridgehead atoms. The fourth-order valence-electron chi connectivity index (χ4n) is 7.14. The molecule has 2 saturated heterocycles. The third-order valence-electron chi connectivity index (χ3n) is 10.6. The molecule has 6 rings (SSSR count). The summed E-state index contributed by atoms with van der Waals surface area (Å²) in [7, 11) is -5.34. The maximum absolute atomic E-state index is 14.2. The predicted octanol–water partition coefficient (Wildman–Crippen LogP) is 2.75. The number of thiazole rings is 1. The minimum atomic E-state index is -5.34. The average molecular weight is 944 g/mol. The largest absolute Gasteiger partial charge is 0.724 e. The van der Waals surface area contributed by atoms with Crippen LogP contribution in [0.1, 0.15) is 80.0 Å². The third kappa shape index (κ3) is 11.9. The van der Waals surface area contributed by atoms with Gasteiger partial charge >= 0.3 is 12.1 Å². The number of nitrogens with zero attached hydrogens (tertiary/aromatic N) is 4. The number of esters is 1. The van der Waals surface area contributed by atoms with Crippen LogP contribution in [0, 0.1) is 5.92 Å². The second-order valence-electron chi connectivity index (χ2n) is 18.6. The van der Waals surface area contributed by atoms with Crippen molar-refractivity contribution >= 4 is 62.3 Å². The number of benzene rings is 1. The summed E-state index contributed by atoms with van der Waals surface area (Å²) in [4.78, 5) is 64.3. The van der Waals surface area contributed by atoms with Crippen LogP contribution in [0.5, 0.6) is 5.75 Å². The summed E-state index contributed by atoms with van der Waals surface area (Å²) in [6.07, 6.45) is 0.988. The number of anilines is 2. The number of aromatic nitrogens is 2. The van der Waals surface area contributed by atoms with Crippen LogP contribution in [-0.4, -0.2) is 113 Å². The number of hydroxylamine groups is 2. The van der Waals surface area contributed by atoms with Crippen molar-refractivity contribution in [3.05, 3.63) is 53.2 Å². The van der Waals surface area contributed by atoms with Crippen molar-refractivity contribution < 1.29 is 60.0 Å². The Morgan fingerprint density at radius 3 is 2.38 bits per heavy atom. The summed E-state index contributed by atoms with van der Waals surface area (Å²) in [6.45, 7) is 18.1. The van der Waals surface area contributed by atoms with Crippen LogP contribution in [0.2, 0.25) is 0 Å². The summed E-state index contributed by atoms with van der Waals surface area (Å²) in [5.74, 6) is -0.986. The topological polar surface area (TPSA) is 278 Å². The van der Waals surface area contributed by atoms with E-state index in [1.165, 1.54) is 26.2 Å². The zero-order valence-corrected chi connectivity index (χ0v) is 39.4. The average Bonchev–Trinajstić information content (AvgIpc) is 3.64. The molecular weight excluding hydrogens is 887 g/mol. The van der Waals surface area contributed by atoms with Crippen LogP contribution in [0.15, 0.2) is 47.1 Å². The summed E-state index contributed by atoms with van der Waals surface area (Å²) >= 11 is 0.909. The molecule has 0 spiro atoms. The Hall–Kier alpha value is -5.46.